The summed E-state index contributed by atoms with van der Waals surface area (Å²) in [4.78, 5) is 0. The molecule has 0 radical (unpaired) electrons. The zero-order valence-electron chi connectivity index (χ0n) is 36.9. The molecule has 0 aliphatic carbocycles. The molecule has 0 aromatic rings. The first-order chi connectivity index (χ1) is 32.1. The van der Waals surface area contributed by atoms with Crippen molar-refractivity contribution in [2.45, 2.75) is 205 Å². The number of nitrogens with two attached hydrogens (primary N) is 1. The second-order valence-electron chi connectivity index (χ2n) is 17.4. The lowest BCUT2D eigenvalue weighted by Gasteiger charge is -2.50. The van der Waals surface area contributed by atoms with E-state index in [1.807, 2.05) is 0 Å². The van der Waals surface area contributed by atoms with Crippen molar-refractivity contribution in [2.75, 3.05) is 46.2 Å². The summed E-state index contributed by atoms with van der Waals surface area (Å²) >= 11 is 0. The van der Waals surface area contributed by atoms with E-state index in [9.17, 15) is 81.7 Å². The van der Waals surface area contributed by atoms with Crippen LogP contribution in [0.1, 0.15) is 51.4 Å². The monoisotopic (exact) mass is 983 g/mol. The van der Waals surface area contributed by atoms with E-state index in [0.29, 0.717) is 13.0 Å². The average Bonchev–Trinajstić information content (AvgIpc) is 3.32. The molecule has 5 aliphatic heterocycles. The molecule has 18 N–H and O–H groups in total. The number of ether oxygens (including phenoxy) is 10. The fraction of sp³-hybridized carbons (Fsp3) is 1.00. The molecular formula is C40H73NO26. The molecule has 0 amide bonds. The van der Waals surface area contributed by atoms with Crippen LogP contribution in [0.5, 0.6) is 0 Å². The highest BCUT2D eigenvalue weighted by molar-refractivity contribution is 4.99. The highest BCUT2D eigenvalue weighted by atomic mass is 16.8. The van der Waals surface area contributed by atoms with Gasteiger partial charge in [0.05, 0.1) is 33.0 Å². The van der Waals surface area contributed by atoms with E-state index >= 15 is 0 Å². The van der Waals surface area contributed by atoms with Gasteiger partial charge in [0.2, 0.25) is 0 Å². The number of aliphatic hydroxyl groups excluding tert-OH is 16. The van der Waals surface area contributed by atoms with Gasteiger partial charge < -0.3 is 135 Å². The summed E-state index contributed by atoms with van der Waals surface area (Å²) in [5, 5.41) is 171. The maximum atomic E-state index is 11.7. The topological polar surface area (TPSA) is 442 Å². The van der Waals surface area contributed by atoms with Gasteiger partial charge in [-0.3, -0.25) is 0 Å². The van der Waals surface area contributed by atoms with E-state index in [0.717, 1.165) is 44.9 Å². The zero-order chi connectivity index (χ0) is 49.1. The van der Waals surface area contributed by atoms with Crippen molar-refractivity contribution in [2.24, 2.45) is 5.73 Å². The van der Waals surface area contributed by atoms with Crippen LogP contribution in [0.15, 0.2) is 0 Å². The Morgan fingerprint density at radius 3 is 1.06 bits per heavy atom. The highest BCUT2D eigenvalue weighted by Gasteiger charge is 2.57. The molecule has 27 nitrogen and oxygen atoms in total. The fourth-order valence-electron chi connectivity index (χ4n) is 8.61. The molecule has 0 bridgehead atoms. The van der Waals surface area contributed by atoms with E-state index in [4.69, 9.17) is 53.1 Å². The van der Waals surface area contributed by atoms with E-state index in [1.165, 1.54) is 0 Å². The standard InChI is InChI=1S/C40H73NO26/c41-9-7-5-3-1-2-4-6-8-10-58-36-30(56)32(24(50)19(14-45)59-36)64-38-31(57)33(25(51)20(15-46)61-38)65-39-35(28(54)23(49)17(12-43)62-39)67-40-34(27(53)22(48)18(13-44)63-40)66-37-29(55)26(52)21(47)16(11-42)60-37/h16-40,42-57H,1-15,41H2/t16?,17?,18?,19?,20?,21-,22-,23-,24-,25-,26+,27+,28+,29?,30?,31?,32+,33+,34?,35?,36+,37-,38-,39-,40-/m1/s1. The molecule has 5 heterocycles. The smallest absolute Gasteiger partial charge is 0.187 e. The summed E-state index contributed by atoms with van der Waals surface area (Å²) < 4.78 is 57.2. The third-order valence-corrected chi connectivity index (χ3v) is 12.7. The zero-order valence-corrected chi connectivity index (χ0v) is 36.9. The molecule has 5 rings (SSSR count). The van der Waals surface area contributed by atoms with Gasteiger partial charge in [-0.1, -0.05) is 38.5 Å². The second-order valence-corrected chi connectivity index (χ2v) is 17.4. The summed E-state index contributed by atoms with van der Waals surface area (Å²) in [5.74, 6) is 0. The van der Waals surface area contributed by atoms with Crippen molar-refractivity contribution in [1.82, 2.24) is 0 Å². The molecule has 5 saturated heterocycles. The molecule has 10 unspecified atom stereocenters. The molecule has 0 aromatic heterocycles. The van der Waals surface area contributed by atoms with Crippen LogP contribution in [-0.2, 0) is 47.4 Å². The summed E-state index contributed by atoms with van der Waals surface area (Å²) in [6.45, 7) is -3.71. The lowest BCUT2D eigenvalue weighted by Crippen LogP contribution is -2.68. The van der Waals surface area contributed by atoms with E-state index < -0.39 is 187 Å². The first-order valence-corrected chi connectivity index (χ1v) is 22.8. The lowest BCUT2D eigenvalue weighted by molar-refractivity contribution is -0.407. The van der Waals surface area contributed by atoms with Gasteiger partial charge in [0, 0.05) is 6.61 Å². The Kier molecular flexibility index (Phi) is 23.0. The second kappa shape index (κ2) is 27.1. The van der Waals surface area contributed by atoms with E-state index in [-0.39, 0.29) is 6.61 Å². The van der Waals surface area contributed by atoms with Crippen molar-refractivity contribution >= 4 is 0 Å². The van der Waals surface area contributed by atoms with Gasteiger partial charge in [-0.2, -0.15) is 0 Å². The number of aliphatic hydroxyl groups is 16. The van der Waals surface area contributed by atoms with Crippen LogP contribution >= 0.6 is 0 Å². The van der Waals surface area contributed by atoms with Crippen molar-refractivity contribution in [3.05, 3.63) is 0 Å². The van der Waals surface area contributed by atoms with Crippen LogP contribution in [0.2, 0.25) is 0 Å². The van der Waals surface area contributed by atoms with Crippen LogP contribution in [0.25, 0.3) is 0 Å². The van der Waals surface area contributed by atoms with Crippen molar-refractivity contribution in [3.63, 3.8) is 0 Å². The Morgan fingerprint density at radius 2 is 0.612 bits per heavy atom. The highest BCUT2D eigenvalue weighted by Crippen LogP contribution is 2.36. The molecule has 5 aliphatic rings. The molecule has 27 heteroatoms. The first-order valence-electron chi connectivity index (χ1n) is 22.8. The van der Waals surface area contributed by atoms with Crippen LogP contribution in [-0.4, -0.2) is 281 Å². The molecule has 67 heavy (non-hydrogen) atoms. The molecule has 0 saturated carbocycles. The molecule has 0 spiro atoms. The molecule has 0 aromatic carbocycles. The van der Waals surface area contributed by atoms with Gasteiger partial charge in [-0.25, -0.2) is 0 Å². The van der Waals surface area contributed by atoms with Crippen molar-refractivity contribution < 1.29 is 129 Å². The van der Waals surface area contributed by atoms with Crippen molar-refractivity contribution in [1.29, 1.82) is 0 Å². The molecule has 25 atom stereocenters. The summed E-state index contributed by atoms with van der Waals surface area (Å²) in [6.07, 6.45) is -39.1. The molecule has 5 fully saturated rings. The third kappa shape index (κ3) is 13.7. The minimum atomic E-state index is -2.13. The molecular weight excluding hydrogens is 910 g/mol. The predicted molar refractivity (Wildman–Crippen MR) is 216 cm³/mol. The maximum absolute atomic E-state index is 11.7. The Labute approximate surface area is 385 Å². The Hall–Kier alpha value is -1.08. The Bertz CT molecular complexity index is 1400. The Morgan fingerprint density at radius 1 is 0.299 bits per heavy atom. The normalized spacial score (nSPS) is 46.4. The summed E-state index contributed by atoms with van der Waals surface area (Å²) in [6, 6.07) is 0. The number of hydrogen-bond donors (Lipinski definition) is 17. The van der Waals surface area contributed by atoms with Gasteiger partial charge in [0.1, 0.15) is 122 Å². The quantitative estimate of drug-likeness (QED) is 0.0399. The van der Waals surface area contributed by atoms with Crippen LogP contribution in [0, 0.1) is 0 Å². The largest absolute Gasteiger partial charge is 0.394 e. The Balaban J connectivity index is 1.33. The van der Waals surface area contributed by atoms with Gasteiger partial charge in [-0.05, 0) is 19.4 Å². The van der Waals surface area contributed by atoms with Gasteiger partial charge in [-0.15, -0.1) is 0 Å². The minimum Gasteiger partial charge on any atom is -0.394 e. The molecule has 394 valence electrons. The van der Waals surface area contributed by atoms with Crippen LogP contribution < -0.4 is 5.73 Å². The maximum Gasteiger partial charge on any atom is 0.187 e. The number of rotatable bonds is 24. The summed E-state index contributed by atoms with van der Waals surface area (Å²) in [5.41, 5.74) is 5.54. The minimum absolute atomic E-state index is 0.125. The van der Waals surface area contributed by atoms with Crippen molar-refractivity contribution in [3.8, 4) is 0 Å². The summed E-state index contributed by atoms with van der Waals surface area (Å²) in [7, 11) is 0. The SMILES string of the molecule is NCCCCCCCCCCO[C@H]1OC(CO)[C@@H](O)[C@H](O[C@H]2OC(CO)[C@@H](O)[C@H](O[C@H]3OC(CO)[C@@H](O)[C@H](O)C3O[C@H]3OC(CO)[C@@H](O)[C@H](O)C3O[C@H]3OC(CO)[C@@H](O)[C@H](O)C3O)C2O)C1O. The predicted octanol–water partition coefficient (Wildman–Crippen LogP) is -8.82. The van der Waals surface area contributed by atoms with Gasteiger partial charge >= 0.3 is 0 Å². The number of hydrogen-bond acceptors (Lipinski definition) is 27. The van der Waals surface area contributed by atoms with E-state index in [1.54, 1.807) is 0 Å². The lowest BCUT2D eigenvalue weighted by atomic mass is 9.95. The average molecular weight is 984 g/mol. The first kappa shape index (κ1) is 56.8. The number of unbranched alkanes of at least 4 members (excludes halogenated alkanes) is 7. The fourth-order valence-corrected chi connectivity index (χ4v) is 8.61. The third-order valence-electron chi connectivity index (χ3n) is 12.7. The van der Waals surface area contributed by atoms with Crippen LogP contribution in [0.4, 0.5) is 0 Å². The van der Waals surface area contributed by atoms with Gasteiger partial charge in [0.25, 0.3) is 0 Å². The van der Waals surface area contributed by atoms with E-state index in [2.05, 4.69) is 0 Å². The van der Waals surface area contributed by atoms with Gasteiger partial charge in [0.15, 0.2) is 31.5 Å². The van der Waals surface area contributed by atoms with Crippen LogP contribution in [0.3, 0.4) is 0 Å².